The molecule has 0 unspecified atom stereocenters. The molecule has 0 fully saturated rings. The summed E-state index contributed by atoms with van der Waals surface area (Å²) in [7, 11) is -3.65. The molecule has 0 bridgehead atoms. The Kier molecular flexibility index (Phi) is 3.31. The minimum absolute atomic E-state index is 0.0457. The number of benzene rings is 2. The molecule has 17 heavy (non-hydrogen) atoms. The normalized spacial score (nSPS) is 11.4. The minimum Gasteiger partial charge on any atom is -0.219 e. The van der Waals surface area contributed by atoms with Crippen molar-refractivity contribution in [1.82, 2.24) is 0 Å². The van der Waals surface area contributed by atoms with E-state index in [2.05, 4.69) is 15.9 Å². The van der Waals surface area contributed by atoms with Gasteiger partial charge in [0.1, 0.15) is 5.82 Å². The average Bonchev–Trinajstić information content (AvgIpc) is 2.29. The first kappa shape index (κ1) is 12.3. The van der Waals surface area contributed by atoms with E-state index >= 15 is 0 Å². The lowest BCUT2D eigenvalue weighted by molar-refractivity contribution is 0.591. The highest BCUT2D eigenvalue weighted by atomic mass is 79.9. The molecule has 5 heteroatoms. The van der Waals surface area contributed by atoms with Gasteiger partial charge in [-0.05, 0) is 36.4 Å². The van der Waals surface area contributed by atoms with E-state index in [4.69, 9.17) is 0 Å². The maximum Gasteiger partial charge on any atom is 0.206 e. The molecule has 2 aromatic rings. The third-order valence-corrected chi connectivity index (χ3v) is 4.46. The monoisotopic (exact) mass is 314 g/mol. The Bertz CT molecular complexity index is 602. The largest absolute Gasteiger partial charge is 0.219 e. The molecule has 0 aromatic heterocycles. The van der Waals surface area contributed by atoms with Gasteiger partial charge in [-0.25, -0.2) is 12.8 Å². The highest BCUT2D eigenvalue weighted by Crippen LogP contribution is 2.23. The highest BCUT2D eigenvalue weighted by Gasteiger charge is 2.17. The third kappa shape index (κ3) is 2.56. The molecule has 0 heterocycles. The van der Waals surface area contributed by atoms with Gasteiger partial charge in [-0.2, -0.15) is 0 Å². The van der Waals surface area contributed by atoms with Gasteiger partial charge in [-0.1, -0.05) is 28.1 Å². The van der Waals surface area contributed by atoms with E-state index in [0.29, 0.717) is 4.47 Å². The summed E-state index contributed by atoms with van der Waals surface area (Å²) in [6, 6.07) is 11.3. The highest BCUT2D eigenvalue weighted by molar-refractivity contribution is 9.10. The van der Waals surface area contributed by atoms with Gasteiger partial charge in [0.2, 0.25) is 9.84 Å². The van der Waals surface area contributed by atoms with Gasteiger partial charge in [0, 0.05) is 4.47 Å². The number of sulfone groups is 1. The van der Waals surface area contributed by atoms with E-state index in [1.54, 1.807) is 12.1 Å². The van der Waals surface area contributed by atoms with Crippen LogP contribution in [0.1, 0.15) is 0 Å². The van der Waals surface area contributed by atoms with Gasteiger partial charge in [0.15, 0.2) is 0 Å². The third-order valence-electron chi connectivity index (χ3n) is 2.21. The summed E-state index contributed by atoms with van der Waals surface area (Å²) in [5.74, 6) is -0.568. The SMILES string of the molecule is O=S(=O)(c1cccc(F)c1)c1cccc(Br)c1. The maximum absolute atomic E-state index is 13.0. The van der Waals surface area contributed by atoms with Crippen molar-refractivity contribution in [3.05, 3.63) is 58.8 Å². The summed E-state index contributed by atoms with van der Waals surface area (Å²) < 4.78 is 38.0. The topological polar surface area (TPSA) is 34.1 Å². The first-order valence-electron chi connectivity index (χ1n) is 4.76. The Morgan fingerprint density at radius 1 is 0.941 bits per heavy atom. The van der Waals surface area contributed by atoms with Crippen molar-refractivity contribution in [1.29, 1.82) is 0 Å². The molecule has 0 aliphatic rings. The Hall–Kier alpha value is -1.20. The predicted molar refractivity (Wildman–Crippen MR) is 66.0 cm³/mol. The van der Waals surface area contributed by atoms with E-state index in [1.165, 1.54) is 30.3 Å². The van der Waals surface area contributed by atoms with Crippen molar-refractivity contribution in [2.75, 3.05) is 0 Å². The van der Waals surface area contributed by atoms with Crippen LogP contribution in [0.25, 0.3) is 0 Å². The Labute approximate surface area is 107 Å². The van der Waals surface area contributed by atoms with Gasteiger partial charge in [-0.3, -0.25) is 0 Å². The van der Waals surface area contributed by atoms with Gasteiger partial charge in [-0.15, -0.1) is 0 Å². The lowest BCUT2D eigenvalue weighted by Crippen LogP contribution is -2.02. The number of rotatable bonds is 2. The van der Waals surface area contributed by atoms with Crippen LogP contribution in [0.2, 0.25) is 0 Å². The molecule has 2 aromatic carbocycles. The van der Waals surface area contributed by atoms with E-state index in [9.17, 15) is 12.8 Å². The molecule has 0 radical (unpaired) electrons. The van der Waals surface area contributed by atoms with Crippen molar-refractivity contribution in [2.45, 2.75) is 9.79 Å². The molecule has 0 amide bonds. The van der Waals surface area contributed by atoms with E-state index in [-0.39, 0.29) is 9.79 Å². The fraction of sp³-hybridized carbons (Fsp3) is 0. The van der Waals surface area contributed by atoms with Crippen LogP contribution in [-0.4, -0.2) is 8.42 Å². The van der Waals surface area contributed by atoms with Gasteiger partial charge >= 0.3 is 0 Å². The second-order valence-electron chi connectivity index (χ2n) is 3.42. The summed E-state index contributed by atoms with van der Waals surface area (Å²) in [4.78, 5) is 0.0908. The van der Waals surface area contributed by atoms with E-state index < -0.39 is 15.7 Å². The Morgan fingerprint density at radius 3 is 2.12 bits per heavy atom. The summed E-state index contributed by atoms with van der Waals surface area (Å²) in [6.07, 6.45) is 0. The van der Waals surface area contributed by atoms with Crippen LogP contribution in [-0.2, 0) is 9.84 Å². The molecule has 0 N–H and O–H groups in total. The second-order valence-corrected chi connectivity index (χ2v) is 6.28. The predicted octanol–water partition coefficient (Wildman–Crippen LogP) is 3.42. The minimum atomic E-state index is -3.65. The molecule has 0 saturated carbocycles. The molecule has 0 spiro atoms. The zero-order chi connectivity index (χ0) is 12.5. The molecule has 88 valence electrons. The van der Waals surface area contributed by atoms with Crippen LogP contribution >= 0.6 is 15.9 Å². The van der Waals surface area contributed by atoms with Crippen LogP contribution in [0.3, 0.4) is 0 Å². The second kappa shape index (κ2) is 4.58. The Balaban J connectivity index is 2.58. The van der Waals surface area contributed by atoms with Crippen LogP contribution in [0.5, 0.6) is 0 Å². The zero-order valence-corrected chi connectivity index (χ0v) is 11.0. The average molecular weight is 315 g/mol. The molecular weight excluding hydrogens is 307 g/mol. The lowest BCUT2D eigenvalue weighted by Gasteiger charge is -2.04. The molecule has 0 atom stereocenters. The number of halogens is 2. The molecular formula is C12H8BrFO2S. The van der Waals surface area contributed by atoms with Gasteiger partial charge < -0.3 is 0 Å². The standard InChI is InChI=1S/C12H8BrFO2S/c13-9-3-1-5-11(7-9)17(15,16)12-6-2-4-10(14)8-12/h1-8H. The molecule has 0 aliphatic carbocycles. The molecule has 2 rings (SSSR count). The first-order valence-corrected chi connectivity index (χ1v) is 7.04. The number of hydrogen-bond acceptors (Lipinski definition) is 2. The summed E-state index contributed by atoms with van der Waals surface area (Å²) >= 11 is 3.20. The first-order chi connectivity index (χ1) is 8.00. The van der Waals surface area contributed by atoms with Crippen molar-refractivity contribution >= 4 is 25.8 Å². The van der Waals surface area contributed by atoms with Crippen LogP contribution in [0.15, 0.2) is 62.8 Å². The summed E-state index contributed by atoms with van der Waals surface area (Å²) in [5.41, 5.74) is 0. The van der Waals surface area contributed by atoms with Crippen LogP contribution < -0.4 is 0 Å². The van der Waals surface area contributed by atoms with Crippen molar-refractivity contribution in [3.63, 3.8) is 0 Å². The molecule has 0 aliphatic heterocycles. The maximum atomic E-state index is 13.0. The quantitative estimate of drug-likeness (QED) is 0.851. The molecule has 0 saturated heterocycles. The van der Waals surface area contributed by atoms with Crippen molar-refractivity contribution in [3.8, 4) is 0 Å². The fourth-order valence-corrected chi connectivity index (χ4v) is 3.29. The van der Waals surface area contributed by atoms with Gasteiger partial charge in [0.25, 0.3) is 0 Å². The zero-order valence-electron chi connectivity index (χ0n) is 8.60. The number of hydrogen-bond donors (Lipinski definition) is 0. The van der Waals surface area contributed by atoms with Crippen LogP contribution in [0, 0.1) is 5.82 Å². The molecule has 2 nitrogen and oxygen atoms in total. The smallest absolute Gasteiger partial charge is 0.206 e. The Morgan fingerprint density at radius 2 is 1.53 bits per heavy atom. The fourth-order valence-electron chi connectivity index (χ4n) is 1.40. The lowest BCUT2D eigenvalue weighted by atomic mass is 10.3. The van der Waals surface area contributed by atoms with E-state index in [1.807, 2.05) is 0 Å². The summed E-state index contributed by atoms with van der Waals surface area (Å²) in [5, 5.41) is 0. The van der Waals surface area contributed by atoms with E-state index in [0.717, 1.165) is 6.07 Å². The van der Waals surface area contributed by atoms with Gasteiger partial charge in [0.05, 0.1) is 9.79 Å². The van der Waals surface area contributed by atoms with Crippen LogP contribution in [0.4, 0.5) is 4.39 Å². The van der Waals surface area contributed by atoms with Crippen molar-refractivity contribution < 1.29 is 12.8 Å². The summed E-state index contributed by atoms with van der Waals surface area (Å²) in [6.45, 7) is 0. The van der Waals surface area contributed by atoms with Crippen molar-refractivity contribution in [2.24, 2.45) is 0 Å².